The van der Waals surface area contributed by atoms with Crippen LogP contribution in [0.5, 0.6) is 0 Å². The second-order valence-corrected chi connectivity index (χ2v) is 9.99. The van der Waals surface area contributed by atoms with Crippen LogP contribution in [0.3, 0.4) is 0 Å². The van der Waals surface area contributed by atoms with Crippen molar-refractivity contribution in [3.63, 3.8) is 0 Å². The van der Waals surface area contributed by atoms with Crippen molar-refractivity contribution in [2.24, 2.45) is 0 Å². The smallest absolute Gasteiger partial charge is 0.306 e. The van der Waals surface area contributed by atoms with Crippen molar-refractivity contribution in [1.29, 1.82) is 0 Å². The summed E-state index contributed by atoms with van der Waals surface area (Å²) in [4.78, 5) is 39.8. The van der Waals surface area contributed by atoms with Gasteiger partial charge in [-0.15, -0.1) is 0 Å². The Bertz CT molecular complexity index is 1370. The lowest BCUT2D eigenvalue weighted by Crippen LogP contribution is -2.85. The van der Waals surface area contributed by atoms with E-state index < -0.39 is 58.9 Å². The molecule has 3 fully saturated rings. The fraction of sp³-hybridized carbons (Fsp3) is 0.423. The molecule has 15 nitrogen and oxygen atoms in total. The van der Waals surface area contributed by atoms with Crippen LogP contribution in [0.1, 0.15) is 18.1 Å². The molecule has 3 amide bonds. The summed E-state index contributed by atoms with van der Waals surface area (Å²) in [5, 5.41) is 76.5. The molecule has 1 aromatic carbocycles. The Labute approximate surface area is 238 Å². The standard InChI is InChI=1S/C26H31FN4O11/c1-2-3-4-17-16(14-31(20(17)32)23(35)21(33)29-22(34)24(36,37)26(23,40)41)12-28-25(38,39)18-6-5-15(11-19(18)27)13-30-7-9-42-10-8-30/h2-6,11-12,28,35-41H,7-10,13-14H2,1H3,(H,29,33,34)/b3-2-,16-12+,17-4+. The number of benzene rings is 1. The van der Waals surface area contributed by atoms with Crippen molar-refractivity contribution in [1.82, 2.24) is 20.4 Å². The molecule has 3 saturated heterocycles. The molecule has 1 unspecified atom stereocenters. The van der Waals surface area contributed by atoms with E-state index >= 15 is 0 Å². The topological polar surface area (TPSA) is 233 Å². The number of amides is 3. The summed E-state index contributed by atoms with van der Waals surface area (Å²) in [5.74, 6) is -17.5. The first kappa shape index (κ1) is 31.4. The minimum Gasteiger partial charge on any atom is -0.379 e. The van der Waals surface area contributed by atoms with Crippen molar-refractivity contribution < 1.29 is 59.3 Å². The fourth-order valence-corrected chi connectivity index (χ4v) is 4.74. The van der Waals surface area contributed by atoms with Gasteiger partial charge in [-0.05, 0) is 30.7 Å². The molecule has 42 heavy (non-hydrogen) atoms. The van der Waals surface area contributed by atoms with Gasteiger partial charge in [-0.2, -0.15) is 0 Å². The number of hydrogen-bond donors (Lipinski definition) is 9. The summed E-state index contributed by atoms with van der Waals surface area (Å²) in [6.45, 7) is 3.51. The van der Waals surface area contributed by atoms with Gasteiger partial charge in [-0.25, -0.2) is 4.39 Å². The minimum atomic E-state index is -4.31. The maximum absolute atomic E-state index is 15.0. The number of aliphatic hydroxyl groups is 7. The Hall–Kier alpha value is -3.58. The third kappa shape index (κ3) is 5.24. The number of likely N-dealkylation sites (tertiary alicyclic amines) is 1. The number of carbonyl (C=O) groups excluding carboxylic acids is 3. The molecule has 0 bridgehead atoms. The first-order valence-electron chi connectivity index (χ1n) is 12.7. The van der Waals surface area contributed by atoms with Crippen molar-refractivity contribution in [2.75, 3.05) is 32.8 Å². The van der Waals surface area contributed by atoms with E-state index in [4.69, 9.17) is 4.74 Å². The van der Waals surface area contributed by atoms with Crippen molar-refractivity contribution >= 4 is 17.7 Å². The maximum Gasteiger partial charge on any atom is 0.306 e. The highest BCUT2D eigenvalue weighted by atomic mass is 19.1. The van der Waals surface area contributed by atoms with E-state index in [-0.39, 0.29) is 16.0 Å². The summed E-state index contributed by atoms with van der Waals surface area (Å²) >= 11 is 0. The normalized spacial score (nSPS) is 26.9. The summed E-state index contributed by atoms with van der Waals surface area (Å²) in [5.41, 5.74) is -4.34. The molecule has 0 saturated carbocycles. The fourth-order valence-electron chi connectivity index (χ4n) is 4.74. The number of nitrogens with zero attached hydrogens (tertiary/aromatic N) is 2. The van der Waals surface area contributed by atoms with Gasteiger partial charge in [0, 0.05) is 37.0 Å². The van der Waals surface area contributed by atoms with Crippen molar-refractivity contribution in [2.45, 2.75) is 36.7 Å². The average molecular weight is 595 g/mol. The Kier molecular flexibility index (Phi) is 8.40. The number of piperidine rings is 1. The molecule has 9 N–H and O–H groups in total. The molecule has 3 heterocycles. The van der Waals surface area contributed by atoms with Crippen LogP contribution in [0.25, 0.3) is 0 Å². The second kappa shape index (κ2) is 11.3. The van der Waals surface area contributed by atoms with Gasteiger partial charge >= 0.3 is 5.79 Å². The van der Waals surface area contributed by atoms with Crippen LogP contribution in [-0.2, 0) is 31.6 Å². The summed E-state index contributed by atoms with van der Waals surface area (Å²) < 4.78 is 20.3. The lowest BCUT2D eigenvalue weighted by atomic mass is 9.87. The third-order valence-electron chi connectivity index (χ3n) is 7.20. The SMILES string of the molecule is C\C=C/C=C1/C(=O)N(C2(O)C(=O)NC(=O)C(O)(O)C2(O)O)C/C1=C\NC(O)(O)c1ccc(CN2CCOCC2)cc1F. The lowest BCUT2D eigenvalue weighted by Gasteiger charge is -2.49. The zero-order chi connectivity index (χ0) is 31.1. The minimum absolute atomic E-state index is 0.135. The van der Waals surface area contributed by atoms with E-state index in [1.165, 1.54) is 29.6 Å². The molecular formula is C26H31FN4O11. The third-order valence-corrected chi connectivity index (χ3v) is 7.20. The van der Waals surface area contributed by atoms with Gasteiger partial charge in [-0.3, -0.25) is 29.5 Å². The van der Waals surface area contributed by atoms with Crippen molar-refractivity contribution in [3.05, 3.63) is 70.7 Å². The Morgan fingerprint density at radius 3 is 2.38 bits per heavy atom. The Morgan fingerprint density at radius 1 is 1.10 bits per heavy atom. The van der Waals surface area contributed by atoms with Gasteiger partial charge in [0.05, 0.1) is 25.3 Å². The van der Waals surface area contributed by atoms with Gasteiger partial charge in [0.25, 0.3) is 35.1 Å². The number of allylic oxidation sites excluding steroid dienone is 3. The highest BCUT2D eigenvalue weighted by Crippen LogP contribution is 2.40. The average Bonchev–Trinajstić information content (AvgIpc) is 3.24. The number of ether oxygens (including phenoxy) is 1. The van der Waals surface area contributed by atoms with Crippen LogP contribution in [0.2, 0.25) is 0 Å². The van der Waals surface area contributed by atoms with Crippen LogP contribution in [0.4, 0.5) is 4.39 Å². The molecule has 4 rings (SSSR count). The highest BCUT2D eigenvalue weighted by Gasteiger charge is 2.76. The molecule has 0 aliphatic carbocycles. The van der Waals surface area contributed by atoms with Crippen LogP contribution >= 0.6 is 0 Å². The first-order valence-corrected chi connectivity index (χ1v) is 12.7. The Morgan fingerprint density at radius 2 is 1.76 bits per heavy atom. The number of imide groups is 1. The van der Waals surface area contributed by atoms with Gasteiger partial charge in [0.15, 0.2) is 0 Å². The first-order chi connectivity index (χ1) is 19.6. The predicted octanol–water partition coefficient (Wildman–Crippen LogP) is -3.72. The molecule has 3 aliphatic rings. The zero-order valence-electron chi connectivity index (χ0n) is 22.3. The van der Waals surface area contributed by atoms with Crippen LogP contribution in [0, 0.1) is 5.82 Å². The molecule has 228 valence electrons. The second-order valence-electron chi connectivity index (χ2n) is 9.99. The molecular weight excluding hydrogens is 563 g/mol. The molecule has 16 heteroatoms. The monoisotopic (exact) mass is 594 g/mol. The van der Waals surface area contributed by atoms with Crippen LogP contribution in [-0.4, -0.2) is 113 Å². The lowest BCUT2D eigenvalue weighted by molar-refractivity contribution is -0.407. The number of nitrogens with one attached hydrogen (secondary N) is 2. The predicted molar refractivity (Wildman–Crippen MR) is 137 cm³/mol. The van der Waals surface area contributed by atoms with E-state index in [2.05, 4.69) is 5.32 Å². The molecule has 0 radical (unpaired) electrons. The summed E-state index contributed by atoms with van der Waals surface area (Å²) in [6, 6.07) is 3.79. The zero-order valence-corrected chi connectivity index (χ0v) is 22.3. The maximum atomic E-state index is 15.0. The number of hydrogen-bond acceptors (Lipinski definition) is 13. The van der Waals surface area contributed by atoms with E-state index in [1.54, 1.807) is 6.92 Å². The van der Waals surface area contributed by atoms with Crippen LogP contribution in [0.15, 0.2) is 53.8 Å². The number of rotatable bonds is 7. The number of morpholine rings is 1. The van der Waals surface area contributed by atoms with Gasteiger partial charge < -0.3 is 45.8 Å². The Balaban J connectivity index is 1.63. The number of halogens is 1. The quantitative estimate of drug-likeness (QED) is 0.0841. The molecule has 3 aliphatic heterocycles. The van der Waals surface area contributed by atoms with E-state index in [1.807, 2.05) is 4.90 Å². The van der Waals surface area contributed by atoms with E-state index in [9.17, 15) is 54.5 Å². The molecule has 0 spiro atoms. The summed E-state index contributed by atoms with van der Waals surface area (Å²) in [7, 11) is 0. The highest BCUT2D eigenvalue weighted by molar-refractivity contribution is 6.10. The van der Waals surface area contributed by atoms with Gasteiger partial charge in [0.2, 0.25) is 0 Å². The largest absolute Gasteiger partial charge is 0.379 e. The van der Waals surface area contributed by atoms with E-state index in [0.29, 0.717) is 38.4 Å². The number of carbonyl (C=O) groups is 3. The van der Waals surface area contributed by atoms with E-state index in [0.717, 1.165) is 18.3 Å². The van der Waals surface area contributed by atoms with Gasteiger partial charge in [-0.1, -0.05) is 18.2 Å². The van der Waals surface area contributed by atoms with Crippen molar-refractivity contribution in [3.8, 4) is 0 Å². The van der Waals surface area contributed by atoms with Gasteiger partial charge in [0.1, 0.15) is 5.82 Å². The molecule has 0 aromatic heterocycles. The molecule has 1 atom stereocenters. The van der Waals surface area contributed by atoms with Crippen LogP contribution < -0.4 is 10.6 Å². The summed E-state index contributed by atoms with van der Waals surface area (Å²) in [6.07, 6.45) is 4.86. The molecule has 1 aromatic rings.